The predicted molar refractivity (Wildman–Crippen MR) is 149 cm³/mol. The van der Waals surface area contributed by atoms with Crippen LogP contribution in [0.1, 0.15) is 37.9 Å². The minimum absolute atomic E-state index is 0.0292. The number of rotatable bonds is 7. The van der Waals surface area contributed by atoms with E-state index < -0.39 is 26.2 Å². The summed E-state index contributed by atoms with van der Waals surface area (Å²) >= 11 is 0. The number of halogens is 1. The fourth-order valence-electron chi connectivity index (χ4n) is 6.18. The summed E-state index contributed by atoms with van der Waals surface area (Å²) in [6.07, 6.45) is 2.29. The lowest BCUT2D eigenvalue weighted by Crippen LogP contribution is -2.48. The summed E-state index contributed by atoms with van der Waals surface area (Å²) in [4.78, 5) is 28.2. The Morgan fingerprint density at radius 1 is 1.28 bits per heavy atom. The van der Waals surface area contributed by atoms with Crippen molar-refractivity contribution in [3.05, 3.63) is 64.6 Å². The standard InChI is InChI=1S/C29H36FN3O5Si/c1-18-27(37-2)23-14-20(33-29(36)22-10-6-5-8-19(22)16-31-33)11-12-24(23)38-28(18)25(39(3,4)30)15-26(35)32-13-7-9-21(32)17-34/h5-6,8,10-12,14,16,18,21,25,27-28,34H,7,9,13,15,17H2,1-4H3/t18-,21+,25?,27-,28-/m1/s1. The van der Waals surface area contributed by atoms with Crippen molar-refractivity contribution in [3.63, 3.8) is 0 Å². The van der Waals surface area contributed by atoms with E-state index in [1.165, 1.54) is 4.68 Å². The third-order valence-electron chi connectivity index (χ3n) is 8.33. The second-order valence-corrected chi connectivity index (χ2v) is 15.1. The summed E-state index contributed by atoms with van der Waals surface area (Å²) in [5.41, 5.74) is 0.507. The van der Waals surface area contributed by atoms with Crippen molar-refractivity contribution in [2.24, 2.45) is 5.92 Å². The van der Waals surface area contributed by atoms with Gasteiger partial charge in [0.2, 0.25) is 14.3 Å². The molecule has 208 valence electrons. The van der Waals surface area contributed by atoms with E-state index in [2.05, 4.69) is 5.10 Å². The minimum atomic E-state index is -3.37. The number of amides is 1. The van der Waals surface area contributed by atoms with Crippen LogP contribution in [-0.4, -0.2) is 66.5 Å². The Balaban J connectivity index is 1.48. The summed E-state index contributed by atoms with van der Waals surface area (Å²) in [7, 11) is -1.76. The van der Waals surface area contributed by atoms with E-state index in [1.807, 2.05) is 31.2 Å². The normalized spacial score (nSPS) is 23.9. The summed E-state index contributed by atoms with van der Waals surface area (Å²) in [5.74, 6) is 0.154. The molecule has 8 nitrogen and oxygen atoms in total. The zero-order valence-corrected chi connectivity index (χ0v) is 23.8. The summed E-state index contributed by atoms with van der Waals surface area (Å²) in [6.45, 7) is 5.69. The van der Waals surface area contributed by atoms with Gasteiger partial charge in [0.25, 0.3) is 5.56 Å². The SMILES string of the molecule is CO[C@H]1c2cc(-n3ncc4ccccc4c3=O)ccc2O[C@@H](C(CC(=O)N2CCC[C@H]2CO)[Si](C)(C)F)[C@@H]1C. The number of aliphatic hydroxyl groups is 1. The fourth-order valence-corrected chi connectivity index (χ4v) is 7.99. The Bertz CT molecular complexity index is 1420. The van der Waals surface area contributed by atoms with Crippen molar-refractivity contribution in [3.8, 4) is 11.4 Å². The van der Waals surface area contributed by atoms with Gasteiger partial charge in [-0.3, -0.25) is 9.59 Å². The Labute approximate surface area is 228 Å². The third-order valence-corrected chi connectivity index (χ3v) is 10.6. The number of benzene rings is 2. The molecule has 0 radical (unpaired) electrons. The van der Waals surface area contributed by atoms with Gasteiger partial charge in [-0.15, -0.1) is 0 Å². The first-order chi connectivity index (χ1) is 18.6. The third kappa shape index (κ3) is 5.13. The average Bonchev–Trinajstić information content (AvgIpc) is 3.40. The van der Waals surface area contributed by atoms with Crippen LogP contribution in [0.2, 0.25) is 18.6 Å². The van der Waals surface area contributed by atoms with Crippen LogP contribution in [0.5, 0.6) is 5.75 Å². The molecular weight excluding hydrogens is 517 g/mol. The van der Waals surface area contributed by atoms with Crippen LogP contribution in [0.3, 0.4) is 0 Å². The Morgan fingerprint density at radius 2 is 2.05 bits per heavy atom. The van der Waals surface area contributed by atoms with Crippen molar-refractivity contribution in [2.45, 2.75) is 63.1 Å². The van der Waals surface area contributed by atoms with E-state index in [4.69, 9.17) is 9.47 Å². The monoisotopic (exact) mass is 553 g/mol. The second kappa shape index (κ2) is 10.8. The number of hydrogen-bond donors (Lipinski definition) is 1. The van der Waals surface area contributed by atoms with E-state index in [1.54, 1.807) is 49.5 Å². The van der Waals surface area contributed by atoms with Crippen LogP contribution in [0, 0.1) is 5.92 Å². The van der Waals surface area contributed by atoms with Crippen molar-refractivity contribution in [1.29, 1.82) is 0 Å². The first-order valence-corrected chi connectivity index (χ1v) is 16.5. The highest BCUT2D eigenvalue weighted by atomic mass is 28.4. The number of likely N-dealkylation sites (tertiary alicyclic amines) is 1. The van der Waals surface area contributed by atoms with Gasteiger partial charge >= 0.3 is 0 Å². The first kappa shape index (κ1) is 27.5. The summed E-state index contributed by atoms with van der Waals surface area (Å²) in [5, 5.41) is 15.4. The summed E-state index contributed by atoms with van der Waals surface area (Å²) < 4.78 is 29.6. The zero-order valence-electron chi connectivity index (χ0n) is 22.8. The molecule has 1 amide bonds. The van der Waals surface area contributed by atoms with Gasteiger partial charge in [-0.1, -0.05) is 25.1 Å². The zero-order chi connectivity index (χ0) is 27.9. The maximum atomic E-state index is 15.9. The molecule has 5 rings (SSSR count). The average molecular weight is 554 g/mol. The number of carbonyl (C=O) groups excluding carboxylic acids is 1. The van der Waals surface area contributed by atoms with Crippen molar-refractivity contribution < 1.29 is 23.5 Å². The van der Waals surface area contributed by atoms with Crippen molar-refractivity contribution >= 4 is 25.1 Å². The van der Waals surface area contributed by atoms with Crippen LogP contribution < -0.4 is 10.3 Å². The first-order valence-electron chi connectivity index (χ1n) is 13.5. The molecule has 0 bridgehead atoms. The molecule has 2 aliphatic heterocycles. The molecule has 1 unspecified atom stereocenters. The lowest BCUT2D eigenvalue weighted by molar-refractivity contribution is -0.133. The number of hydrogen-bond acceptors (Lipinski definition) is 6. The lowest BCUT2D eigenvalue weighted by atomic mass is 9.86. The van der Waals surface area contributed by atoms with E-state index in [0.717, 1.165) is 23.8 Å². The van der Waals surface area contributed by atoms with Gasteiger partial charge in [0.15, 0.2) is 0 Å². The number of methoxy groups -OCH3 is 1. The molecule has 2 aliphatic rings. The largest absolute Gasteiger partial charge is 0.490 e. The Hall–Kier alpha value is -3.08. The summed E-state index contributed by atoms with van der Waals surface area (Å²) in [6, 6.07) is 12.5. The van der Waals surface area contributed by atoms with Crippen molar-refractivity contribution in [1.82, 2.24) is 14.7 Å². The predicted octanol–water partition coefficient (Wildman–Crippen LogP) is 4.39. The smallest absolute Gasteiger partial charge is 0.279 e. The van der Waals surface area contributed by atoms with Gasteiger partial charge in [0, 0.05) is 42.5 Å². The molecule has 0 saturated carbocycles. The number of fused-ring (bicyclic) bond motifs is 2. The molecule has 3 aromatic rings. The highest BCUT2D eigenvalue weighted by molar-refractivity contribution is 6.72. The molecule has 39 heavy (non-hydrogen) atoms. The van der Waals surface area contributed by atoms with Crippen LogP contribution in [0.4, 0.5) is 4.11 Å². The second-order valence-electron chi connectivity index (χ2n) is 11.2. The number of aliphatic hydroxyl groups excluding tert-OH is 1. The number of aromatic nitrogens is 2. The molecule has 3 heterocycles. The molecule has 0 aliphatic carbocycles. The fraction of sp³-hybridized carbons (Fsp3) is 0.483. The van der Waals surface area contributed by atoms with Gasteiger partial charge in [-0.25, -0.2) is 0 Å². The van der Waals surface area contributed by atoms with Gasteiger partial charge in [0.1, 0.15) is 11.9 Å². The lowest BCUT2D eigenvalue weighted by Gasteiger charge is -2.43. The van der Waals surface area contributed by atoms with E-state index in [9.17, 15) is 14.7 Å². The molecule has 10 heteroatoms. The van der Waals surface area contributed by atoms with Gasteiger partial charge in [-0.05, 0) is 50.2 Å². The van der Waals surface area contributed by atoms with Crippen molar-refractivity contribution in [2.75, 3.05) is 20.3 Å². The highest BCUT2D eigenvalue weighted by Crippen LogP contribution is 2.48. The highest BCUT2D eigenvalue weighted by Gasteiger charge is 2.49. The molecule has 0 spiro atoms. The molecule has 1 saturated heterocycles. The van der Waals surface area contributed by atoms with E-state index >= 15 is 4.11 Å². The van der Waals surface area contributed by atoms with E-state index in [0.29, 0.717) is 23.4 Å². The van der Waals surface area contributed by atoms with Crippen LogP contribution in [0.25, 0.3) is 16.5 Å². The molecule has 1 fully saturated rings. The maximum Gasteiger partial charge on any atom is 0.279 e. The molecule has 2 aromatic carbocycles. The number of nitrogens with zero attached hydrogens (tertiary/aromatic N) is 3. The number of carbonyl (C=O) groups is 1. The van der Waals surface area contributed by atoms with Crippen LogP contribution in [-0.2, 0) is 9.53 Å². The van der Waals surface area contributed by atoms with E-state index in [-0.39, 0.29) is 36.5 Å². The Morgan fingerprint density at radius 3 is 2.77 bits per heavy atom. The molecule has 5 atom stereocenters. The van der Waals surface area contributed by atoms with Crippen LogP contribution in [0.15, 0.2) is 53.5 Å². The topological polar surface area (TPSA) is 93.9 Å². The maximum absolute atomic E-state index is 15.9. The molecule has 1 aromatic heterocycles. The Kier molecular flexibility index (Phi) is 7.63. The van der Waals surface area contributed by atoms with Gasteiger partial charge in [0.05, 0.1) is 36.0 Å². The van der Waals surface area contributed by atoms with Gasteiger partial charge in [-0.2, -0.15) is 9.78 Å². The quantitative estimate of drug-likeness (QED) is 0.345. The minimum Gasteiger partial charge on any atom is -0.490 e. The molecular formula is C29H36FN3O5Si. The molecule has 1 N–H and O–H groups in total. The van der Waals surface area contributed by atoms with Gasteiger partial charge < -0.3 is 23.6 Å². The number of ether oxygens (including phenoxy) is 2. The van der Waals surface area contributed by atoms with Crippen LogP contribution >= 0.6 is 0 Å².